The van der Waals surface area contributed by atoms with Gasteiger partial charge in [-0.3, -0.25) is 14.7 Å². The molecule has 0 spiro atoms. The predicted octanol–water partition coefficient (Wildman–Crippen LogP) is 0.478. The maximum Gasteiger partial charge on any atom is 0.470 e. The Hall–Kier alpha value is -1.24. The second-order valence-corrected chi connectivity index (χ2v) is 5.80. The third-order valence-corrected chi connectivity index (χ3v) is 3.59. The van der Waals surface area contributed by atoms with Gasteiger partial charge in [-0.25, -0.2) is 9.99 Å². The van der Waals surface area contributed by atoms with Crippen molar-refractivity contribution in [3.63, 3.8) is 0 Å². The smallest absolute Gasteiger partial charge is 0.303 e. The van der Waals surface area contributed by atoms with Gasteiger partial charge in [-0.1, -0.05) is 30.3 Å². The quantitative estimate of drug-likeness (QED) is 0.600. The van der Waals surface area contributed by atoms with Gasteiger partial charge in [0.15, 0.2) is 0 Å². The maximum atomic E-state index is 11.9. The van der Waals surface area contributed by atoms with Crippen molar-refractivity contribution in [2.24, 2.45) is 5.41 Å². The molecule has 0 radical (unpaired) electrons. The number of rotatable bonds is 4. The molecule has 1 aliphatic rings. The Morgan fingerprint density at radius 3 is 2.47 bits per heavy atom. The lowest BCUT2D eigenvalue weighted by atomic mass is 9.81. The predicted molar refractivity (Wildman–Crippen MR) is 66.6 cm³/mol. The van der Waals surface area contributed by atoms with Crippen LogP contribution in [0.3, 0.4) is 0 Å². The van der Waals surface area contributed by atoms with Crippen LogP contribution in [0.15, 0.2) is 30.3 Å². The number of hydrazine groups is 1. The molecular formula is C11H15N2O5P. The van der Waals surface area contributed by atoms with Gasteiger partial charge in [0.25, 0.3) is 0 Å². The van der Waals surface area contributed by atoms with E-state index in [0.29, 0.717) is 5.56 Å². The summed E-state index contributed by atoms with van der Waals surface area (Å²) >= 11 is 0. The number of carbonyl (C=O) groups is 1. The van der Waals surface area contributed by atoms with Crippen LogP contribution in [0.2, 0.25) is 0 Å². The Labute approximate surface area is 110 Å². The number of amides is 1. The number of phosphoric ester groups is 1. The lowest BCUT2D eigenvalue weighted by Crippen LogP contribution is -2.37. The number of phosphoric acid groups is 1. The minimum Gasteiger partial charge on any atom is -0.303 e. The molecule has 8 heteroatoms. The number of hydrogen-bond acceptors (Lipinski definition) is 4. The highest BCUT2D eigenvalue weighted by Gasteiger charge is 2.48. The zero-order valence-corrected chi connectivity index (χ0v) is 11.1. The minimum absolute atomic E-state index is 0.214. The Morgan fingerprint density at radius 1 is 1.37 bits per heavy atom. The van der Waals surface area contributed by atoms with E-state index in [4.69, 9.17) is 14.3 Å². The van der Waals surface area contributed by atoms with Gasteiger partial charge >= 0.3 is 7.82 Å². The summed E-state index contributed by atoms with van der Waals surface area (Å²) in [5.74, 6) is -0.366. The van der Waals surface area contributed by atoms with E-state index in [1.54, 1.807) is 37.3 Å². The first kappa shape index (κ1) is 14.2. The van der Waals surface area contributed by atoms with Crippen molar-refractivity contribution in [3.8, 4) is 0 Å². The van der Waals surface area contributed by atoms with Gasteiger partial charge in [0.1, 0.15) is 6.10 Å². The summed E-state index contributed by atoms with van der Waals surface area (Å²) < 4.78 is 16.0. The summed E-state index contributed by atoms with van der Waals surface area (Å²) in [6, 6.07) is 8.53. The molecule has 1 aromatic rings. The molecule has 0 aliphatic carbocycles. The van der Waals surface area contributed by atoms with Crippen LogP contribution in [0.25, 0.3) is 0 Å². The lowest BCUT2D eigenvalue weighted by molar-refractivity contribution is -0.131. The molecule has 104 valence electrons. The van der Waals surface area contributed by atoms with Crippen LogP contribution in [0.1, 0.15) is 18.6 Å². The minimum atomic E-state index is -4.72. The van der Waals surface area contributed by atoms with Crippen LogP contribution >= 0.6 is 7.82 Å². The molecule has 2 atom stereocenters. The Kier molecular flexibility index (Phi) is 3.75. The molecule has 0 aromatic heterocycles. The van der Waals surface area contributed by atoms with Gasteiger partial charge in [-0.05, 0) is 12.5 Å². The van der Waals surface area contributed by atoms with Crippen molar-refractivity contribution in [1.29, 1.82) is 0 Å². The van der Waals surface area contributed by atoms with Gasteiger partial charge in [0.2, 0.25) is 5.91 Å². The Morgan fingerprint density at radius 2 is 2.00 bits per heavy atom. The lowest BCUT2D eigenvalue weighted by Gasteiger charge is -2.30. The third-order valence-electron chi connectivity index (χ3n) is 3.10. The average molecular weight is 286 g/mol. The van der Waals surface area contributed by atoms with E-state index in [1.807, 2.05) is 0 Å². The first-order chi connectivity index (χ1) is 8.83. The second-order valence-electron chi connectivity index (χ2n) is 4.61. The molecule has 0 saturated carbocycles. The standard InChI is InChI=1S/C11H15N2O5P/c1-11(7-12-13-10(11)14)9(18-19(15,16)17)8-5-3-2-4-6-8/h2-6,9,12H,7H2,1H3,(H,13,14)(H2,15,16,17). The fourth-order valence-electron chi connectivity index (χ4n) is 2.05. The molecule has 7 nitrogen and oxygen atoms in total. The molecule has 2 rings (SSSR count). The normalized spacial score (nSPS) is 25.1. The fourth-order valence-corrected chi connectivity index (χ4v) is 2.68. The van der Waals surface area contributed by atoms with Crippen molar-refractivity contribution in [1.82, 2.24) is 10.9 Å². The highest BCUT2D eigenvalue weighted by Crippen LogP contribution is 2.49. The molecule has 1 amide bonds. The van der Waals surface area contributed by atoms with Crippen molar-refractivity contribution in [2.45, 2.75) is 13.0 Å². The van der Waals surface area contributed by atoms with Gasteiger partial charge in [-0.15, -0.1) is 0 Å². The van der Waals surface area contributed by atoms with Crippen molar-refractivity contribution in [2.75, 3.05) is 6.54 Å². The fraction of sp³-hybridized carbons (Fsp3) is 0.364. The van der Waals surface area contributed by atoms with Gasteiger partial charge in [-0.2, -0.15) is 0 Å². The Bertz CT molecular complexity index is 517. The summed E-state index contributed by atoms with van der Waals surface area (Å²) in [5, 5.41) is 0. The molecule has 1 aliphatic heterocycles. The molecule has 0 bridgehead atoms. The van der Waals surface area contributed by atoms with Crippen LogP contribution in [0, 0.1) is 5.41 Å². The van der Waals surface area contributed by atoms with E-state index >= 15 is 0 Å². The average Bonchev–Trinajstić information content (AvgIpc) is 2.68. The van der Waals surface area contributed by atoms with Gasteiger partial charge < -0.3 is 9.79 Å². The van der Waals surface area contributed by atoms with E-state index in [2.05, 4.69) is 10.9 Å². The molecule has 19 heavy (non-hydrogen) atoms. The SMILES string of the molecule is CC1(C(OP(=O)(O)O)c2ccccc2)CNNC1=O. The first-order valence-corrected chi connectivity index (χ1v) is 7.18. The van der Waals surface area contributed by atoms with E-state index in [0.717, 1.165) is 0 Å². The van der Waals surface area contributed by atoms with Crippen molar-refractivity contribution >= 4 is 13.7 Å². The number of carbonyl (C=O) groups excluding carboxylic acids is 1. The number of hydrogen-bond donors (Lipinski definition) is 4. The molecule has 1 aromatic carbocycles. The van der Waals surface area contributed by atoms with Crippen LogP contribution in [-0.4, -0.2) is 22.2 Å². The van der Waals surface area contributed by atoms with Crippen molar-refractivity contribution in [3.05, 3.63) is 35.9 Å². The van der Waals surface area contributed by atoms with E-state index < -0.39 is 19.3 Å². The summed E-state index contributed by atoms with van der Waals surface area (Å²) in [6.45, 7) is 1.81. The first-order valence-electron chi connectivity index (χ1n) is 5.65. The van der Waals surface area contributed by atoms with Gasteiger partial charge in [0, 0.05) is 6.54 Å². The maximum absolute atomic E-state index is 11.9. The van der Waals surface area contributed by atoms with E-state index in [9.17, 15) is 9.36 Å². The van der Waals surface area contributed by atoms with Crippen LogP contribution in [0.4, 0.5) is 0 Å². The largest absolute Gasteiger partial charge is 0.470 e. The zero-order chi connectivity index (χ0) is 14.1. The molecule has 1 heterocycles. The van der Waals surface area contributed by atoms with Gasteiger partial charge in [0.05, 0.1) is 5.41 Å². The third kappa shape index (κ3) is 3.02. The second kappa shape index (κ2) is 5.03. The van der Waals surface area contributed by atoms with Crippen LogP contribution in [0.5, 0.6) is 0 Å². The van der Waals surface area contributed by atoms with E-state index in [-0.39, 0.29) is 12.5 Å². The summed E-state index contributed by atoms with van der Waals surface area (Å²) in [5.41, 5.74) is 4.53. The number of nitrogens with one attached hydrogen (secondary N) is 2. The molecular weight excluding hydrogens is 271 g/mol. The van der Waals surface area contributed by atoms with Crippen molar-refractivity contribution < 1.29 is 23.7 Å². The molecule has 4 N–H and O–H groups in total. The molecule has 2 unspecified atom stereocenters. The van der Waals surface area contributed by atoms with Crippen LogP contribution in [-0.2, 0) is 13.9 Å². The highest BCUT2D eigenvalue weighted by atomic mass is 31.2. The summed E-state index contributed by atoms with van der Waals surface area (Å²) in [4.78, 5) is 30.0. The summed E-state index contributed by atoms with van der Waals surface area (Å²) in [7, 11) is -4.72. The highest BCUT2D eigenvalue weighted by molar-refractivity contribution is 7.46. The number of benzene rings is 1. The molecule has 1 fully saturated rings. The monoisotopic (exact) mass is 286 g/mol. The van der Waals surface area contributed by atoms with E-state index in [1.165, 1.54) is 0 Å². The summed E-state index contributed by atoms with van der Waals surface area (Å²) in [6.07, 6.45) is -1.04. The van der Waals surface area contributed by atoms with Crippen LogP contribution < -0.4 is 10.9 Å². The molecule has 1 saturated heterocycles. The zero-order valence-electron chi connectivity index (χ0n) is 10.2. The topological polar surface area (TPSA) is 108 Å². The Balaban J connectivity index is 2.40.